The minimum Gasteiger partial charge on any atom is -0.444 e. The maximum atomic E-state index is 15.1. The van der Waals surface area contributed by atoms with E-state index in [9.17, 15) is 9.59 Å². The first-order valence-corrected chi connectivity index (χ1v) is 13.1. The van der Waals surface area contributed by atoms with Gasteiger partial charge in [-0.05, 0) is 49.9 Å². The van der Waals surface area contributed by atoms with Gasteiger partial charge in [0, 0.05) is 0 Å². The molecular formula is C23H35F2NO3Si. The number of benzene rings is 1. The molecule has 1 N–H and O–H groups in total. The lowest BCUT2D eigenvalue weighted by molar-refractivity contribution is -0.109. The first-order chi connectivity index (χ1) is 13.5. The molecule has 168 valence electrons. The molecular weight excluding hydrogens is 404 g/mol. The Bertz CT molecular complexity index is 763. The SMILES string of the molecule is CC(C)(C)OC(=O)N[C@@H](Cc1ccccc1)C(F)(F)/C=C/C(=O)[Si](C)(C)C(C)(C)C. The predicted octanol–water partition coefficient (Wildman–Crippen LogP) is 5.93. The molecule has 7 heteroatoms. The van der Waals surface area contributed by atoms with Gasteiger partial charge in [-0.3, -0.25) is 0 Å². The van der Waals surface area contributed by atoms with Gasteiger partial charge in [0.25, 0.3) is 5.92 Å². The van der Waals surface area contributed by atoms with Gasteiger partial charge in [0.05, 0.1) is 0 Å². The third-order valence-electron chi connectivity index (χ3n) is 5.39. The Kier molecular flexibility index (Phi) is 8.16. The van der Waals surface area contributed by atoms with Crippen LogP contribution in [-0.4, -0.2) is 37.1 Å². The smallest absolute Gasteiger partial charge is 0.408 e. The highest BCUT2D eigenvalue weighted by Crippen LogP contribution is 2.37. The fourth-order valence-electron chi connectivity index (χ4n) is 2.46. The molecule has 0 unspecified atom stereocenters. The number of hydrogen-bond donors (Lipinski definition) is 1. The zero-order chi connectivity index (χ0) is 23.4. The summed E-state index contributed by atoms with van der Waals surface area (Å²) in [6, 6.07) is 7.15. The second kappa shape index (κ2) is 9.41. The summed E-state index contributed by atoms with van der Waals surface area (Å²) in [5.41, 5.74) is -0.174. The van der Waals surface area contributed by atoms with Crippen LogP contribution in [0.5, 0.6) is 0 Å². The van der Waals surface area contributed by atoms with Crippen LogP contribution in [0.4, 0.5) is 13.6 Å². The highest BCUT2D eigenvalue weighted by molar-refractivity contribution is 7.07. The zero-order valence-corrected chi connectivity index (χ0v) is 20.3. The van der Waals surface area contributed by atoms with E-state index in [1.165, 1.54) is 0 Å². The van der Waals surface area contributed by atoms with Crippen LogP contribution in [0.15, 0.2) is 42.5 Å². The predicted molar refractivity (Wildman–Crippen MR) is 120 cm³/mol. The molecule has 1 rings (SSSR count). The second-order valence-electron chi connectivity index (χ2n) is 10.1. The van der Waals surface area contributed by atoms with E-state index >= 15 is 8.78 Å². The Morgan fingerprint density at radius 1 is 1.07 bits per heavy atom. The number of ether oxygens (including phenoxy) is 1. The van der Waals surface area contributed by atoms with Gasteiger partial charge in [-0.2, -0.15) is 8.78 Å². The monoisotopic (exact) mass is 439 g/mol. The molecule has 0 aliphatic rings. The molecule has 0 spiro atoms. The molecule has 0 saturated heterocycles. The highest BCUT2D eigenvalue weighted by Gasteiger charge is 2.43. The number of alkyl carbamates (subject to hydrolysis) is 1. The van der Waals surface area contributed by atoms with Crippen molar-refractivity contribution in [2.45, 2.75) is 83.7 Å². The minimum absolute atomic E-state index is 0.105. The van der Waals surface area contributed by atoms with Crippen LogP contribution >= 0.6 is 0 Å². The Labute approximate surface area is 180 Å². The lowest BCUT2D eigenvalue weighted by Crippen LogP contribution is -2.50. The molecule has 0 radical (unpaired) electrons. The molecule has 30 heavy (non-hydrogen) atoms. The number of nitrogens with one attached hydrogen (secondary N) is 1. The van der Waals surface area contributed by atoms with E-state index in [-0.39, 0.29) is 16.9 Å². The van der Waals surface area contributed by atoms with Gasteiger partial charge in [0.15, 0.2) is 0 Å². The van der Waals surface area contributed by atoms with Gasteiger partial charge >= 0.3 is 6.09 Å². The Morgan fingerprint density at radius 2 is 1.60 bits per heavy atom. The molecule has 0 saturated carbocycles. The van der Waals surface area contributed by atoms with Crippen LogP contribution in [0.2, 0.25) is 18.1 Å². The van der Waals surface area contributed by atoms with E-state index in [2.05, 4.69) is 5.32 Å². The standard InChI is InChI=1S/C23H35F2NO3Si/c1-21(2,3)29-20(28)26-18(16-17-12-10-9-11-13-17)23(24,25)15-14-19(27)30(7,8)22(4,5)6/h9-15,18H,16H2,1-8H3,(H,26,28)/b15-14+/t18-/m0/s1. The summed E-state index contributed by atoms with van der Waals surface area (Å²) in [4.78, 5) is 24.9. The molecule has 0 heterocycles. The quantitative estimate of drug-likeness (QED) is 0.423. The van der Waals surface area contributed by atoms with E-state index in [1.807, 2.05) is 33.9 Å². The maximum absolute atomic E-state index is 15.1. The van der Waals surface area contributed by atoms with Crippen LogP contribution in [0.1, 0.15) is 47.1 Å². The van der Waals surface area contributed by atoms with Crippen molar-refractivity contribution in [2.75, 3.05) is 0 Å². The zero-order valence-electron chi connectivity index (χ0n) is 19.3. The van der Waals surface area contributed by atoms with Crippen molar-refractivity contribution >= 4 is 19.6 Å². The summed E-state index contributed by atoms with van der Waals surface area (Å²) in [7, 11) is -2.45. The molecule has 0 fully saturated rings. The van der Waals surface area contributed by atoms with Crippen molar-refractivity contribution in [3.63, 3.8) is 0 Å². The van der Waals surface area contributed by atoms with Gasteiger partial charge in [0.2, 0.25) is 0 Å². The van der Waals surface area contributed by atoms with Gasteiger partial charge in [-0.15, -0.1) is 0 Å². The van der Waals surface area contributed by atoms with Crippen molar-refractivity contribution < 1.29 is 23.1 Å². The number of hydrogen-bond acceptors (Lipinski definition) is 3. The molecule has 0 aliphatic carbocycles. The Hall–Kier alpha value is -2.02. The summed E-state index contributed by atoms with van der Waals surface area (Å²) >= 11 is 0. The number of alkyl halides is 2. The van der Waals surface area contributed by atoms with Gasteiger partial charge in [0.1, 0.15) is 25.1 Å². The lowest BCUT2D eigenvalue weighted by Gasteiger charge is -2.34. The Morgan fingerprint density at radius 3 is 2.07 bits per heavy atom. The molecule has 0 aromatic heterocycles. The number of carbonyl (C=O) groups excluding carboxylic acids is 2. The van der Waals surface area contributed by atoms with E-state index in [0.717, 1.165) is 6.08 Å². The molecule has 1 aromatic rings. The third kappa shape index (κ3) is 7.67. The van der Waals surface area contributed by atoms with E-state index in [0.29, 0.717) is 11.6 Å². The fourth-order valence-corrected chi connectivity index (χ4v) is 3.70. The summed E-state index contributed by atoms with van der Waals surface area (Å²) in [6.07, 6.45) is 0.589. The fraction of sp³-hybridized carbons (Fsp3) is 0.565. The molecule has 1 amide bonds. The lowest BCUT2D eigenvalue weighted by atomic mass is 10.00. The molecule has 4 nitrogen and oxygen atoms in total. The highest BCUT2D eigenvalue weighted by atomic mass is 28.3. The largest absolute Gasteiger partial charge is 0.444 e. The third-order valence-corrected chi connectivity index (χ3v) is 10.5. The first-order valence-electron chi connectivity index (χ1n) is 10.1. The Balaban J connectivity index is 3.13. The summed E-state index contributed by atoms with van der Waals surface area (Å²) < 4.78 is 35.4. The summed E-state index contributed by atoms with van der Waals surface area (Å²) in [5.74, 6) is -3.44. The van der Waals surface area contributed by atoms with Crippen LogP contribution in [0.3, 0.4) is 0 Å². The number of rotatable bonds is 7. The number of amides is 1. The van der Waals surface area contributed by atoms with Crippen molar-refractivity contribution in [3.8, 4) is 0 Å². The maximum Gasteiger partial charge on any atom is 0.408 e. The normalized spacial score (nSPS) is 14.5. The average molecular weight is 440 g/mol. The topological polar surface area (TPSA) is 55.4 Å². The van der Waals surface area contributed by atoms with Crippen LogP contribution < -0.4 is 5.32 Å². The van der Waals surface area contributed by atoms with Crippen molar-refractivity contribution in [2.24, 2.45) is 0 Å². The molecule has 1 atom stereocenters. The van der Waals surface area contributed by atoms with Crippen molar-refractivity contribution in [1.82, 2.24) is 5.32 Å². The number of carbonyl (C=O) groups is 2. The van der Waals surface area contributed by atoms with Gasteiger partial charge < -0.3 is 14.8 Å². The van der Waals surface area contributed by atoms with E-state index in [1.54, 1.807) is 51.1 Å². The summed E-state index contributed by atoms with van der Waals surface area (Å²) in [6.45, 7) is 14.6. The molecule has 1 aromatic carbocycles. The van der Waals surface area contributed by atoms with E-state index in [4.69, 9.17) is 4.74 Å². The average Bonchev–Trinajstić information content (AvgIpc) is 2.57. The van der Waals surface area contributed by atoms with Crippen LogP contribution in [0, 0.1) is 0 Å². The first kappa shape index (κ1) is 26.0. The van der Waals surface area contributed by atoms with Crippen LogP contribution in [0.25, 0.3) is 0 Å². The van der Waals surface area contributed by atoms with E-state index < -0.39 is 31.7 Å². The van der Waals surface area contributed by atoms with Crippen molar-refractivity contribution in [3.05, 3.63) is 48.0 Å². The summed E-state index contributed by atoms with van der Waals surface area (Å²) in [5, 5.41) is 1.77. The number of allylic oxidation sites excluding steroid dienone is 1. The van der Waals surface area contributed by atoms with Crippen molar-refractivity contribution in [1.29, 1.82) is 0 Å². The molecule has 0 aliphatic heterocycles. The van der Waals surface area contributed by atoms with Gasteiger partial charge in [-0.25, -0.2) is 4.79 Å². The van der Waals surface area contributed by atoms with Crippen LogP contribution in [-0.2, 0) is 16.0 Å². The minimum atomic E-state index is -3.44. The second-order valence-corrected chi connectivity index (χ2v) is 15.4. The molecule has 0 bridgehead atoms. The number of halogens is 2. The van der Waals surface area contributed by atoms with Gasteiger partial charge in [-0.1, -0.05) is 64.2 Å².